The Bertz CT molecular complexity index is 1100. The number of nitrogens with one attached hydrogen (secondary N) is 3. The van der Waals surface area contributed by atoms with E-state index in [0.717, 1.165) is 44.7 Å². The Morgan fingerprint density at radius 1 is 0.886 bits per heavy atom. The Hall–Kier alpha value is -3.43. The maximum Gasteiger partial charge on any atom is 0.313 e. The highest BCUT2D eigenvalue weighted by atomic mass is 16.2. The van der Waals surface area contributed by atoms with E-state index in [1.807, 2.05) is 0 Å². The first-order chi connectivity index (χ1) is 16.8. The number of likely N-dealkylation sites (N-methyl/N-ethyl adjacent to an activating group) is 2. The SMILES string of the molecule is CC(=O)Nc1cccc(NC(=O)C(=O)NC[C@H](c2ccc3c(c2)CCN3C)N2CCN(C)CC2)c1. The number of fused-ring (bicyclic) bond motifs is 1. The molecule has 186 valence electrons. The summed E-state index contributed by atoms with van der Waals surface area (Å²) in [5.74, 6) is -1.63. The van der Waals surface area contributed by atoms with E-state index in [4.69, 9.17) is 0 Å². The van der Waals surface area contributed by atoms with Gasteiger partial charge in [0.2, 0.25) is 5.91 Å². The lowest BCUT2D eigenvalue weighted by Gasteiger charge is -2.38. The maximum atomic E-state index is 12.7. The van der Waals surface area contributed by atoms with Crippen molar-refractivity contribution in [3.8, 4) is 0 Å². The molecule has 0 unspecified atom stereocenters. The van der Waals surface area contributed by atoms with Gasteiger partial charge < -0.3 is 25.8 Å². The summed E-state index contributed by atoms with van der Waals surface area (Å²) in [6.07, 6.45) is 1.02. The summed E-state index contributed by atoms with van der Waals surface area (Å²) in [5.41, 5.74) is 4.73. The van der Waals surface area contributed by atoms with E-state index in [9.17, 15) is 14.4 Å². The van der Waals surface area contributed by atoms with Crippen LogP contribution in [0.25, 0.3) is 0 Å². The topological polar surface area (TPSA) is 97.0 Å². The monoisotopic (exact) mass is 478 g/mol. The Morgan fingerprint density at radius 3 is 2.31 bits per heavy atom. The van der Waals surface area contributed by atoms with Gasteiger partial charge in [0.05, 0.1) is 6.04 Å². The maximum absolute atomic E-state index is 12.7. The third-order valence-electron chi connectivity index (χ3n) is 6.70. The first-order valence-electron chi connectivity index (χ1n) is 12.0. The lowest BCUT2D eigenvalue weighted by Crippen LogP contribution is -2.49. The predicted octanol–water partition coefficient (Wildman–Crippen LogP) is 1.68. The lowest BCUT2D eigenvalue weighted by molar-refractivity contribution is -0.136. The average molecular weight is 479 g/mol. The van der Waals surface area contributed by atoms with Crippen molar-refractivity contribution in [1.29, 1.82) is 0 Å². The van der Waals surface area contributed by atoms with Crippen molar-refractivity contribution in [3.05, 3.63) is 53.6 Å². The fourth-order valence-corrected chi connectivity index (χ4v) is 4.72. The second kappa shape index (κ2) is 10.9. The van der Waals surface area contributed by atoms with Gasteiger partial charge in [-0.2, -0.15) is 0 Å². The van der Waals surface area contributed by atoms with Crippen LogP contribution in [0.1, 0.15) is 24.1 Å². The summed E-state index contributed by atoms with van der Waals surface area (Å²) >= 11 is 0. The Labute approximate surface area is 206 Å². The van der Waals surface area contributed by atoms with Crippen LogP contribution in [-0.2, 0) is 20.8 Å². The number of carbonyl (C=O) groups excluding carboxylic acids is 3. The van der Waals surface area contributed by atoms with Gasteiger partial charge in [0.15, 0.2) is 0 Å². The fraction of sp³-hybridized carbons (Fsp3) is 0.423. The van der Waals surface area contributed by atoms with E-state index in [0.29, 0.717) is 17.9 Å². The van der Waals surface area contributed by atoms with Gasteiger partial charge >= 0.3 is 11.8 Å². The van der Waals surface area contributed by atoms with E-state index in [2.05, 4.69) is 62.9 Å². The van der Waals surface area contributed by atoms with E-state index >= 15 is 0 Å². The smallest absolute Gasteiger partial charge is 0.313 e. The summed E-state index contributed by atoms with van der Waals surface area (Å²) in [4.78, 5) is 43.5. The molecular weight excluding hydrogens is 444 g/mol. The molecule has 0 aliphatic carbocycles. The molecule has 1 atom stereocenters. The number of carbonyl (C=O) groups is 3. The van der Waals surface area contributed by atoms with E-state index in [1.54, 1.807) is 24.3 Å². The van der Waals surface area contributed by atoms with Crippen LogP contribution in [0.3, 0.4) is 0 Å². The van der Waals surface area contributed by atoms with Crippen LogP contribution >= 0.6 is 0 Å². The molecule has 2 aliphatic heterocycles. The van der Waals surface area contributed by atoms with Crippen molar-refractivity contribution in [2.24, 2.45) is 0 Å². The minimum absolute atomic E-state index is 0.0141. The van der Waals surface area contributed by atoms with Gasteiger partial charge in [-0.25, -0.2) is 0 Å². The molecule has 3 amide bonds. The largest absolute Gasteiger partial charge is 0.374 e. The van der Waals surface area contributed by atoms with E-state index in [1.165, 1.54) is 18.2 Å². The summed E-state index contributed by atoms with van der Waals surface area (Å²) < 4.78 is 0. The zero-order chi connectivity index (χ0) is 24.9. The molecule has 2 heterocycles. The third-order valence-corrected chi connectivity index (χ3v) is 6.70. The predicted molar refractivity (Wildman–Crippen MR) is 138 cm³/mol. The van der Waals surface area contributed by atoms with Crippen molar-refractivity contribution in [1.82, 2.24) is 15.1 Å². The van der Waals surface area contributed by atoms with Crippen molar-refractivity contribution < 1.29 is 14.4 Å². The highest BCUT2D eigenvalue weighted by Gasteiger charge is 2.27. The van der Waals surface area contributed by atoms with E-state index in [-0.39, 0.29) is 11.9 Å². The van der Waals surface area contributed by atoms with Crippen LogP contribution in [0.2, 0.25) is 0 Å². The normalized spacial score (nSPS) is 16.9. The second-order valence-corrected chi connectivity index (χ2v) is 9.34. The molecule has 9 nitrogen and oxygen atoms in total. The summed E-state index contributed by atoms with van der Waals surface area (Å²) in [5, 5.41) is 8.12. The van der Waals surface area contributed by atoms with Crippen LogP contribution in [0.15, 0.2) is 42.5 Å². The van der Waals surface area contributed by atoms with Crippen LogP contribution in [-0.4, -0.2) is 80.9 Å². The number of amides is 3. The first-order valence-corrected chi connectivity index (χ1v) is 12.0. The summed E-state index contributed by atoms with van der Waals surface area (Å²) in [7, 11) is 4.22. The molecule has 0 spiro atoms. The number of anilines is 3. The Morgan fingerprint density at radius 2 is 1.60 bits per heavy atom. The molecule has 0 bridgehead atoms. The minimum Gasteiger partial charge on any atom is -0.374 e. The number of hydrogen-bond acceptors (Lipinski definition) is 6. The van der Waals surface area contributed by atoms with Gasteiger partial charge in [-0.05, 0) is 48.9 Å². The summed E-state index contributed by atoms with van der Waals surface area (Å²) in [6.45, 7) is 6.49. The van der Waals surface area contributed by atoms with Gasteiger partial charge in [-0.15, -0.1) is 0 Å². The first kappa shape index (κ1) is 24.7. The van der Waals surface area contributed by atoms with Crippen molar-refractivity contribution in [2.45, 2.75) is 19.4 Å². The fourth-order valence-electron chi connectivity index (χ4n) is 4.72. The number of nitrogens with zero attached hydrogens (tertiary/aromatic N) is 3. The number of hydrogen-bond donors (Lipinski definition) is 3. The minimum atomic E-state index is -0.738. The molecule has 2 aromatic rings. The van der Waals surface area contributed by atoms with Crippen molar-refractivity contribution in [3.63, 3.8) is 0 Å². The molecule has 4 rings (SSSR count). The van der Waals surface area contributed by atoms with Gasteiger partial charge in [0.25, 0.3) is 0 Å². The van der Waals surface area contributed by atoms with Gasteiger partial charge in [0.1, 0.15) is 0 Å². The van der Waals surface area contributed by atoms with Crippen LogP contribution in [0.5, 0.6) is 0 Å². The second-order valence-electron chi connectivity index (χ2n) is 9.34. The third kappa shape index (κ3) is 6.17. The number of benzene rings is 2. The van der Waals surface area contributed by atoms with Gasteiger partial charge in [0, 0.05) is 70.3 Å². The van der Waals surface area contributed by atoms with Crippen molar-refractivity contribution in [2.75, 3.05) is 68.9 Å². The zero-order valence-electron chi connectivity index (χ0n) is 20.6. The molecule has 0 saturated carbocycles. The Balaban J connectivity index is 1.43. The summed E-state index contributed by atoms with van der Waals surface area (Å²) in [6, 6.07) is 13.2. The molecule has 1 fully saturated rings. The van der Waals surface area contributed by atoms with Crippen LogP contribution in [0.4, 0.5) is 17.1 Å². The molecule has 0 radical (unpaired) electrons. The molecule has 2 aliphatic rings. The molecule has 1 saturated heterocycles. The molecular formula is C26H34N6O3. The molecule has 0 aromatic heterocycles. The quantitative estimate of drug-likeness (QED) is 0.547. The highest BCUT2D eigenvalue weighted by Crippen LogP contribution is 2.31. The molecule has 9 heteroatoms. The van der Waals surface area contributed by atoms with Crippen molar-refractivity contribution >= 4 is 34.8 Å². The standard InChI is InChI=1S/C26H34N6O3/c1-18(33)28-21-5-4-6-22(16-21)29-26(35)25(34)27-17-24(32-13-11-30(2)12-14-32)19-7-8-23-20(15-19)9-10-31(23)3/h4-8,15-16,24H,9-14,17H2,1-3H3,(H,27,34)(H,28,33)(H,29,35)/t24-/m1/s1. The molecule has 2 aromatic carbocycles. The highest BCUT2D eigenvalue weighted by molar-refractivity contribution is 6.39. The van der Waals surface area contributed by atoms with Gasteiger partial charge in [-0.3, -0.25) is 19.3 Å². The Kier molecular flexibility index (Phi) is 7.67. The number of rotatable bonds is 6. The zero-order valence-corrected chi connectivity index (χ0v) is 20.6. The molecule has 35 heavy (non-hydrogen) atoms. The van der Waals surface area contributed by atoms with E-state index < -0.39 is 11.8 Å². The lowest BCUT2D eigenvalue weighted by atomic mass is 10.00. The average Bonchev–Trinajstić information content (AvgIpc) is 3.20. The molecule has 3 N–H and O–H groups in total. The number of piperazine rings is 1. The van der Waals surface area contributed by atoms with Crippen LogP contribution < -0.4 is 20.9 Å². The van der Waals surface area contributed by atoms with Gasteiger partial charge in [-0.1, -0.05) is 18.2 Å². The van der Waals surface area contributed by atoms with Crippen LogP contribution in [0, 0.1) is 0 Å².